The van der Waals surface area contributed by atoms with Crippen LogP contribution in [-0.4, -0.2) is 0 Å². The molecule has 2 nitrogen and oxygen atoms in total. The molecule has 0 aromatic heterocycles. The van der Waals surface area contributed by atoms with Gasteiger partial charge in [0.05, 0.1) is 17.2 Å². The van der Waals surface area contributed by atoms with E-state index in [1.807, 2.05) is 0 Å². The van der Waals surface area contributed by atoms with Gasteiger partial charge in [-0.1, -0.05) is 32.6 Å². The summed E-state index contributed by atoms with van der Waals surface area (Å²) in [5.41, 5.74) is -2.25. The molecule has 1 aliphatic rings. The zero-order valence-electron chi connectivity index (χ0n) is 21.6. The molecule has 0 N–H and O–H groups in total. The van der Waals surface area contributed by atoms with Gasteiger partial charge in [-0.05, 0) is 97.2 Å². The minimum atomic E-state index is -4.43. The van der Waals surface area contributed by atoms with Crippen LogP contribution in [0, 0.1) is 40.5 Å². The molecule has 3 aromatic carbocycles. The summed E-state index contributed by atoms with van der Waals surface area (Å²) in [5, 5.41) is 8.80. The van der Waals surface area contributed by atoms with Gasteiger partial charge in [0.25, 0.3) is 0 Å². The summed E-state index contributed by atoms with van der Waals surface area (Å²) < 4.78 is 93.7. The highest BCUT2D eigenvalue weighted by Gasteiger charge is 2.41. The first kappa shape index (κ1) is 28.5. The topological polar surface area (TPSA) is 33.0 Å². The molecule has 4 rings (SSSR count). The van der Waals surface area contributed by atoms with Crippen LogP contribution in [-0.2, 0) is 6.11 Å². The molecule has 39 heavy (non-hydrogen) atoms. The molecule has 3 aromatic rings. The van der Waals surface area contributed by atoms with Gasteiger partial charge in [0.1, 0.15) is 34.6 Å². The van der Waals surface area contributed by atoms with Gasteiger partial charge in [0, 0.05) is 0 Å². The zero-order valence-corrected chi connectivity index (χ0v) is 21.6. The van der Waals surface area contributed by atoms with E-state index in [0.717, 1.165) is 50.7 Å². The number of nitriles is 1. The highest BCUT2D eigenvalue weighted by atomic mass is 19.3. The molecule has 0 radical (unpaired) electrons. The number of benzene rings is 3. The molecule has 206 valence electrons. The highest BCUT2D eigenvalue weighted by molar-refractivity contribution is 5.66. The van der Waals surface area contributed by atoms with Gasteiger partial charge >= 0.3 is 6.11 Å². The fraction of sp³-hybridized carbons (Fsp3) is 0.387. The van der Waals surface area contributed by atoms with Gasteiger partial charge in [-0.2, -0.15) is 14.0 Å². The summed E-state index contributed by atoms with van der Waals surface area (Å²) in [6, 6.07) is 9.61. The van der Waals surface area contributed by atoms with E-state index >= 15 is 8.78 Å². The number of hydrogen-bond donors (Lipinski definition) is 0. The van der Waals surface area contributed by atoms with E-state index in [9.17, 15) is 17.6 Å². The second-order valence-corrected chi connectivity index (χ2v) is 10.1. The lowest BCUT2D eigenvalue weighted by Crippen LogP contribution is -2.25. The number of nitrogens with zero attached hydrogens (tertiary/aromatic N) is 1. The van der Waals surface area contributed by atoms with Crippen LogP contribution in [0.5, 0.6) is 5.75 Å². The SMILES string of the molecule is CCCCCC1CCC(c2cc(F)c(-c3cc(F)c(C(F)(F)Oc4ccc(C#N)cc4)c(F)c3)c(F)c2)CC1. The van der Waals surface area contributed by atoms with Crippen LogP contribution in [0.15, 0.2) is 48.5 Å². The normalized spacial score (nSPS) is 17.6. The van der Waals surface area contributed by atoms with Crippen molar-refractivity contribution in [3.63, 3.8) is 0 Å². The molecule has 0 amide bonds. The number of rotatable bonds is 9. The average Bonchev–Trinajstić information content (AvgIpc) is 2.88. The summed E-state index contributed by atoms with van der Waals surface area (Å²) in [6.45, 7) is 2.16. The first-order valence-corrected chi connectivity index (χ1v) is 13.2. The lowest BCUT2D eigenvalue weighted by atomic mass is 9.76. The third-order valence-corrected chi connectivity index (χ3v) is 7.45. The van der Waals surface area contributed by atoms with E-state index in [2.05, 4.69) is 11.7 Å². The second kappa shape index (κ2) is 12.1. The smallest absolute Gasteiger partial charge is 0.429 e. The van der Waals surface area contributed by atoms with Crippen molar-refractivity contribution in [3.8, 4) is 22.9 Å². The lowest BCUT2D eigenvalue weighted by molar-refractivity contribution is -0.189. The maximum Gasteiger partial charge on any atom is 0.432 e. The summed E-state index contributed by atoms with van der Waals surface area (Å²) in [6.07, 6.45) is 3.84. The minimum absolute atomic E-state index is 0.0145. The van der Waals surface area contributed by atoms with Crippen LogP contribution < -0.4 is 4.74 Å². The minimum Gasteiger partial charge on any atom is -0.429 e. The lowest BCUT2D eigenvalue weighted by Gasteiger charge is -2.29. The number of alkyl halides is 2. The van der Waals surface area contributed by atoms with Crippen molar-refractivity contribution >= 4 is 0 Å². The van der Waals surface area contributed by atoms with Gasteiger partial charge in [-0.25, -0.2) is 17.6 Å². The average molecular weight is 546 g/mol. The van der Waals surface area contributed by atoms with E-state index in [-0.39, 0.29) is 11.5 Å². The van der Waals surface area contributed by atoms with Crippen molar-refractivity contribution in [2.75, 3.05) is 0 Å². The molecular formula is C31H29F6NO. The first-order valence-electron chi connectivity index (χ1n) is 13.2. The Morgan fingerprint density at radius 2 is 1.44 bits per heavy atom. The van der Waals surface area contributed by atoms with Crippen LogP contribution in [0.3, 0.4) is 0 Å². The Morgan fingerprint density at radius 1 is 0.846 bits per heavy atom. The molecule has 0 heterocycles. The van der Waals surface area contributed by atoms with Gasteiger partial charge in [0.2, 0.25) is 0 Å². The van der Waals surface area contributed by atoms with E-state index in [0.29, 0.717) is 23.6 Å². The third-order valence-electron chi connectivity index (χ3n) is 7.45. The Bertz CT molecular complexity index is 1290. The monoisotopic (exact) mass is 545 g/mol. The number of hydrogen-bond acceptors (Lipinski definition) is 2. The number of ether oxygens (including phenoxy) is 1. The van der Waals surface area contributed by atoms with Crippen molar-refractivity contribution < 1.29 is 31.1 Å². The van der Waals surface area contributed by atoms with Crippen molar-refractivity contribution in [3.05, 3.63) is 88.5 Å². The Kier molecular flexibility index (Phi) is 8.89. The van der Waals surface area contributed by atoms with Gasteiger partial charge in [-0.15, -0.1) is 0 Å². The Hall–Kier alpha value is -3.47. The van der Waals surface area contributed by atoms with E-state index in [1.165, 1.54) is 37.1 Å². The number of halogens is 6. The van der Waals surface area contributed by atoms with Crippen molar-refractivity contribution in [2.45, 2.75) is 70.3 Å². The summed E-state index contributed by atoms with van der Waals surface area (Å²) in [4.78, 5) is 0. The molecule has 1 saturated carbocycles. The van der Waals surface area contributed by atoms with E-state index in [4.69, 9.17) is 5.26 Å². The quantitative estimate of drug-likeness (QED) is 0.198. The Labute approximate surface area is 224 Å². The second-order valence-electron chi connectivity index (χ2n) is 10.1. The van der Waals surface area contributed by atoms with Gasteiger partial charge in [0.15, 0.2) is 0 Å². The standard InChI is InChI=1S/C31H29F6NO/c1-2-3-4-5-19-6-10-21(11-7-19)22-14-25(32)29(26(33)15-22)23-16-27(34)30(28(35)17-23)31(36,37)39-24-12-8-20(18-38)9-13-24/h8-9,12-17,19,21H,2-7,10-11H2,1H3. The molecule has 1 aliphatic carbocycles. The van der Waals surface area contributed by atoms with Gasteiger partial charge < -0.3 is 4.74 Å². The van der Waals surface area contributed by atoms with Crippen molar-refractivity contribution in [1.82, 2.24) is 0 Å². The molecule has 0 unspecified atom stereocenters. The van der Waals surface area contributed by atoms with Gasteiger partial charge in [-0.3, -0.25) is 0 Å². The maximum atomic E-state index is 15.1. The molecule has 0 aliphatic heterocycles. The molecule has 8 heteroatoms. The van der Waals surface area contributed by atoms with Crippen LogP contribution >= 0.6 is 0 Å². The predicted molar refractivity (Wildman–Crippen MR) is 136 cm³/mol. The predicted octanol–water partition coefficient (Wildman–Crippen LogP) is 9.76. The fourth-order valence-electron chi connectivity index (χ4n) is 5.36. The van der Waals surface area contributed by atoms with E-state index in [1.54, 1.807) is 6.07 Å². The molecule has 1 fully saturated rings. The summed E-state index contributed by atoms with van der Waals surface area (Å²) in [7, 11) is 0. The highest BCUT2D eigenvalue weighted by Crippen LogP contribution is 2.41. The molecule has 0 saturated heterocycles. The zero-order chi connectivity index (χ0) is 28.2. The van der Waals surface area contributed by atoms with Crippen LogP contribution in [0.25, 0.3) is 11.1 Å². The summed E-state index contributed by atoms with van der Waals surface area (Å²) >= 11 is 0. The molecular weight excluding hydrogens is 516 g/mol. The Morgan fingerprint density at radius 3 is 1.97 bits per heavy atom. The largest absolute Gasteiger partial charge is 0.432 e. The molecule has 0 spiro atoms. The van der Waals surface area contributed by atoms with E-state index < -0.39 is 51.8 Å². The van der Waals surface area contributed by atoms with Crippen molar-refractivity contribution in [2.24, 2.45) is 5.92 Å². The van der Waals surface area contributed by atoms with Crippen LogP contribution in [0.4, 0.5) is 26.3 Å². The maximum absolute atomic E-state index is 15.1. The Balaban J connectivity index is 1.54. The molecule has 0 bridgehead atoms. The van der Waals surface area contributed by atoms with Crippen LogP contribution in [0.2, 0.25) is 0 Å². The first-order chi connectivity index (χ1) is 18.6. The fourth-order valence-corrected chi connectivity index (χ4v) is 5.36. The van der Waals surface area contributed by atoms with Crippen LogP contribution in [0.1, 0.15) is 80.9 Å². The number of unbranched alkanes of at least 4 members (excludes halogenated alkanes) is 2. The summed E-state index contributed by atoms with van der Waals surface area (Å²) in [5.74, 6) is -5.28. The van der Waals surface area contributed by atoms with Crippen molar-refractivity contribution in [1.29, 1.82) is 5.26 Å². The third kappa shape index (κ3) is 6.58. The molecule has 0 atom stereocenters.